The van der Waals surface area contributed by atoms with Gasteiger partial charge in [0.1, 0.15) is 6.61 Å². The van der Waals surface area contributed by atoms with Crippen LogP contribution >= 0.6 is 34.8 Å². The molecule has 4 rings (SSSR count). The summed E-state index contributed by atoms with van der Waals surface area (Å²) in [6.45, 7) is 2.88. The molecule has 1 atom stereocenters. The molecule has 0 saturated carbocycles. The lowest BCUT2D eigenvalue weighted by Crippen LogP contribution is -2.30. The normalized spacial score (nSPS) is 15.3. The van der Waals surface area contributed by atoms with E-state index in [2.05, 4.69) is 10.5 Å². The van der Waals surface area contributed by atoms with Crippen LogP contribution in [0.15, 0.2) is 65.8 Å². The van der Waals surface area contributed by atoms with Gasteiger partial charge in [0, 0.05) is 23.7 Å². The van der Waals surface area contributed by atoms with Gasteiger partial charge in [0.25, 0.3) is 0 Å². The van der Waals surface area contributed by atoms with E-state index in [0.717, 1.165) is 5.56 Å². The van der Waals surface area contributed by atoms with Gasteiger partial charge in [-0.2, -0.15) is 5.10 Å². The van der Waals surface area contributed by atoms with Crippen molar-refractivity contribution in [1.29, 1.82) is 0 Å². The van der Waals surface area contributed by atoms with Crippen LogP contribution in [-0.4, -0.2) is 31.2 Å². The smallest absolute Gasteiger partial charge is 0.245 e. The predicted octanol–water partition coefficient (Wildman–Crippen LogP) is 6.13. The van der Waals surface area contributed by atoms with Crippen molar-refractivity contribution in [1.82, 2.24) is 5.43 Å². The lowest BCUT2D eigenvalue weighted by atomic mass is 10.1. The third-order valence-corrected chi connectivity index (χ3v) is 6.66. The van der Waals surface area contributed by atoms with Crippen LogP contribution in [0, 0.1) is 5.92 Å². The Morgan fingerprint density at radius 3 is 2.54 bits per heavy atom. The number of anilines is 1. The number of hydrazone groups is 1. The molecular formula is C27H24Cl3N3O4. The van der Waals surface area contributed by atoms with E-state index < -0.39 is 5.92 Å². The van der Waals surface area contributed by atoms with Crippen molar-refractivity contribution in [2.45, 2.75) is 20.0 Å². The number of nitrogens with zero attached hydrogens (tertiary/aromatic N) is 2. The van der Waals surface area contributed by atoms with Crippen LogP contribution in [0.2, 0.25) is 15.1 Å². The third kappa shape index (κ3) is 6.95. The van der Waals surface area contributed by atoms with Crippen molar-refractivity contribution in [3.05, 3.63) is 86.9 Å². The third-order valence-electron chi connectivity index (χ3n) is 5.67. The molecular weight excluding hydrogens is 537 g/mol. The van der Waals surface area contributed by atoms with Crippen LogP contribution in [0.4, 0.5) is 5.69 Å². The van der Waals surface area contributed by atoms with Gasteiger partial charge >= 0.3 is 0 Å². The molecule has 1 fully saturated rings. The maximum Gasteiger partial charge on any atom is 0.245 e. The van der Waals surface area contributed by atoms with Gasteiger partial charge in [-0.05, 0) is 72.6 Å². The Hall–Kier alpha value is -3.26. The molecule has 1 N–H and O–H groups in total. The van der Waals surface area contributed by atoms with Crippen LogP contribution in [-0.2, 0) is 16.2 Å². The minimum Gasteiger partial charge on any atom is -0.490 e. The Morgan fingerprint density at radius 1 is 1.03 bits per heavy atom. The zero-order valence-corrected chi connectivity index (χ0v) is 22.2. The molecule has 2 amide bonds. The molecule has 3 aromatic rings. The SMILES string of the molecule is CCOc1cc(/C=N\NC(=O)[C@H]2CC(=O)N(c3ccc(Cl)cc3)C2)ccc1OCc1ccc(Cl)c(Cl)c1. The molecule has 0 bridgehead atoms. The Balaban J connectivity index is 1.35. The van der Waals surface area contributed by atoms with Crippen molar-refractivity contribution in [2.75, 3.05) is 18.1 Å². The van der Waals surface area contributed by atoms with Crippen LogP contribution in [0.3, 0.4) is 0 Å². The van der Waals surface area contributed by atoms with E-state index in [-0.39, 0.29) is 31.4 Å². The Bertz CT molecular complexity index is 1310. The molecule has 0 aromatic heterocycles. The summed E-state index contributed by atoms with van der Waals surface area (Å²) in [6.07, 6.45) is 1.63. The summed E-state index contributed by atoms with van der Waals surface area (Å²) in [5.74, 6) is 0.145. The first-order chi connectivity index (χ1) is 17.8. The largest absolute Gasteiger partial charge is 0.490 e. The van der Waals surface area contributed by atoms with Gasteiger partial charge in [-0.25, -0.2) is 5.43 Å². The standard InChI is InChI=1S/C27H24Cl3N3O4/c1-2-36-25-12-17(4-10-24(25)37-16-18-3-9-22(29)23(30)11-18)14-31-32-27(35)19-13-26(34)33(15-19)21-7-5-20(28)6-8-21/h3-12,14,19H,2,13,15-16H2,1H3,(H,32,35)/b31-14-/t19-/m0/s1. The van der Waals surface area contributed by atoms with E-state index in [1.165, 1.54) is 6.21 Å². The van der Waals surface area contributed by atoms with E-state index >= 15 is 0 Å². The number of carbonyl (C=O) groups excluding carboxylic acids is 2. The number of halogens is 3. The molecule has 0 spiro atoms. The number of nitrogens with one attached hydrogen (secondary N) is 1. The number of ether oxygens (including phenoxy) is 2. The first-order valence-electron chi connectivity index (χ1n) is 11.6. The summed E-state index contributed by atoms with van der Waals surface area (Å²) < 4.78 is 11.6. The van der Waals surface area contributed by atoms with E-state index in [4.69, 9.17) is 44.3 Å². The lowest BCUT2D eigenvalue weighted by molar-refractivity contribution is -0.126. The van der Waals surface area contributed by atoms with Gasteiger partial charge in [0.05, 0.1) is 28.8 Å². The minimum atomic E-state index is -0.503. The number of benzene rings is 3. The fourth-order valence-electron chi connectivity index (χ4n) is 3.80. The quantitative estimate of drug-likeness (QED) is 0.252. The average molecular weight is 561 g/mol. The molecule has 1 aliphatic rings. The maximum atomic E-state index is 12.6. The number of amides is 2. The predicted molar refractivity (Wildman–Crippen MR) is 146 cm³/mol. The minimum absolute atomic E-state index is 0.114. The number of rotatable bonds is 9. The number of hydrogen-bond acceptors (Lipinski definition) is 5. The molecule has 192 valence electrons. The second-order valence-corrected chi connectivity index (χ2v) is 9.54. The van der Waals surface area contributed by atoms with E-state index in [9.17, 15) is 9.59 Å². The van der Waals surface area contributed by atoms with Crippen molar-refractivity contribution >= 4 is 58.5 Å². The highest BCUT2D eigenvalue weighted by molar-refractivity contribution is 6.42. The molecule has 0 unspecified atom stereocenters. The Morgan fingerprint density at radius 2 is 1.81 bits per heavy atom. The van der Waals surface area contributed by atoms with Gasteiger partial charge in [-0.1, -0.05) is 40.9 Å². The van der Waals surface area contributed by atoms with E-state index in [1.807, 2.05) is 13.0 Å². The monoisotopic (exact) mass is 559 g/mol. The number of hydrogen-bond donors (Lipinski definition) is 1. The van der Waals surface area contributed by atoms with Gasteiger partial charge in [0.15, 0.2) is 11.5 Å². The number of carbonyl (C=O) groups is 2. The van der Waals surface area contributed by atoms with Gasteiger partial charge < -0.3 is 14.4 Å². The lowest BCUT2D eigenvalue weighted by Gasteiger charge is -2.16. The molecule has 1 aliphatic heterocycles. The first-order valence-corrected chi connectivity index (χ1v) is 12.7. The molecule has 0 aliphatic carbocycles. The molecule has 10 heteroatoms. The van der Waals surface area contributed by atoms with Gasteiger partial charge in [-0.15, -0.1) is 0 Å². The molecule has 3 aromatic carbocycles. The highest BCUT2D eigenvalue weighted by Crippen LogP contribution is 2.30. The summed E-state index contributed by atoms with van der Waals surface area (Å²) in [6, 6.07) is 17.6. The van der Waals surface area contributed by atoms with E-state index in [0.29, 0.717) is 44.4 Å². The topological polar surface area (TPSA) is 80.2 Å². The summed E-state index contributed by atoms with van der Waals surface area (Å²) in [5, 5.41) is 5.59. The first kappa shape index (κ1) is 26.8. The van der Waals surface area contributed by atoms with Crippen molar-refractivity contribution in [3.63, 3.8) is 0 Å². The van der Waals surface area contributed by atoms with Gasteiger partial charge in [-0.3, -0.25) is 9.59 Å². The zero-order valence-electron chi connectivity index (χ0n) is 19.9. The molecule has 37 heavy (non-hydrogen) atoms. The highest BCUT2D eigenvalue weighted by atomic mass is 35.5. The summed E-state index contributed by atoms with van der Waals surface area (Å²) in [5.41, 5.74) is 4.81. The van der Waals surface area contributed by atoms with Crippen molar-refractivity contribution in [3.8, 4) is 11.5 Å². The second-order valence-electron chi connectivity index (χ2n) is 8.29. The average Bonchev–Trinajstić information content (AvgIpc) is 3.28. The maximum absolute atomic E-state index is 12.6. The van der Waals surface area contributed by atoms with Crippen molar-refractivity contribution < 1.29 is 19.1 Å². The van der Waals surface area contributed by atoms with Crippen LogP contribution < -0.4 is 19.8 Å². The Kier molecular flexibility index (Phi) is 8.92. The Labute approximate surface area is 229 Å². The summed E-state index contributed by atoms with van der Waals surface area (Å²) in [7, 11) is 0. The summed E-state index contributed by atoms with van der Waals surface area (Å²) in [4.78, 5) is 26.6. The van der Waals surface area contributed by atoms with Crippen LogP contribution in [0.5, 0.6) is 11.5 Å². The second kappa shape index (κ2) is 12.3. The molecule has 0 radical (unpaired) electrons. The van der Waals surface area contributed by atoms with Crippen LogP contribution in [0.25, 0.3) is 0 Å². The fourth-order valence-corrected chi connectivity index (χ4v) is 4.25. The molecule has 7 nitrogen and oxygen atoms in total. The molecule has 1 saturated heterocycles. The highest BCUT2D eigenvalue weighted by Gasteiger charge is 2.35. The zero-order chi connectivity index (χ0) is 26.4. The fraction of sp³-hybridized carbons (Fsp3) is 0.222. The van der Waals surface area contributed by atoms with Crippen LogP contribution in [0.1, 0.15) is 24.5 Å². The van der Waals surface area contributed by atoms with E-state index in [1.54, 1.807) is 59.5 Å². The molecule has 1 heterocycles. The van der Waals surface area contributed by atoms with Gasteiger partial charge in [0.2, 0.25) is 11.8 Å². The summed E-state index contributed by atoms with van der Waals surface area (Å²) >= 11 is 18.0. The van der Waals surface area contributed by atoms with Crippen molar-refractivity contribution in [2.24, 2.45) is 11.0 Å².